The number of benzene rings is 1. The Kier molecular flexibility index (Phi) is 3.08. The molecule has 0 aromatic heterocycles. The Hall–Kier alpha value is -1.35. The van der Waals surface area contributed by atoms with Gasteiger partial charge in [-0.25, -0.2) is 0 Å². The van der Waals surface area contributed by atoms with Crippen LogP contribution in [0.3, 0.4) is 0 Å². The van der Waals surface area contributed by atoms with Crippen molar-refractivity contribution in [3.8, 4) is 0 Å². The van der Waals surface area contributed by atoms with Gasteiger partial charge in [0.25, 0.3) is 0 Å². The zero-order valence-electron chi connectivity index (χ0n) is 10.6. The highest BCUT2D eigenvalue weighted by molar-refractivity contribution is 5.78. The standard InChI is InChI=1S/C15H20N2O/c18-14-11-15(6-8-16-9-7-15)10-13(17-14)12-4-2-1-3-5-12/h1-5,13,16H,6-11H2,(H,17,18). The van der Waals surface area contributed by atoms with Gasteiger partial charge in [-0.15, -0.1) is 0 Å². The second-order valence-electron chi connectivity index (χ2n) is 5.66. The predicted octanol–water partition coefficient (Wildman–Crippen LogP) is 2.01. The first-order chi connectivity index (χ1) is 8.77. The molecule has 0 aliphatic carbocycles. The largest absolute Gasteiger partial charge is 0.349 e. The number of hydrogen-bond donors (Lipinski definition) is 2. The summed E-state index contributed by atoms with van der Waals surface area (Å²) >= 11 is 0. The molecule has 96 valence electrons. The number of carbonyl (C=O) groups is 1. The molecule has 1 aromatic rings. The van der Waals surface area contributed by atoms with E-state index in [4.69, 9.17) is 0 Å². The molecule has 3 nitrogen and oxygen atoms in total. The van der Waals surface area contributed by atoms with Gasteiger partial charge in [-0.2, -0.15) is 0 Å². The van der Waals surface area contributed by atoms with Crippen LogP contribution >= 0.6 is 0 Å². The maximum absolute atomic E-state index is 12.0. The van der Waals surface area contributed by atoms with E-state index in [9.17, 15) is 4.79 Å². The summed E-state index contributed by atoms with van der Waals surface area (Å²) in [5, 5.41) is 6.54. The van der Waals surface area contributed by atoms with E-state index in [-0.39, 0.29) is 17.4 Å². The average molecular weight is 244 g/mol. The summed E-state index contributed by atoms with van der Waals surface area (Å²) in [4.78, 5) is 12.0. The summed E-state index contributed by atoms with van der Waals surface area (Å²) in [7, 11) is 0. The normalized spacial score (nSPS) is 26.9. The van der Waals surface area contributed by atoms with Crippen LogP contribution in [-0.4, -0.2) is 19.0 Å². The highest BCUT2D eigenvalue weighted by atomic mass is 16.1. The number of nitrogens with one attached hydrogen (secondary N) is 2. The Morgan fingerprint density at radius 2 is 1.83 bits per heavy atom. The number of piperidine rings is 2. The van der Waals surface area contributed by atoms with Gasteiger partial charge in [0.1, 0.15) is 0 Å². The van der Waals surface area contributed by atoms with Crippen LogP contribution in [0.5, 0.6) is 0 Å². The molecule has 1 aromatic carbocycles. The lowest BCUT2D eigenvalue weighted by atomic mass is 9.68. The van der Waals surface area contributed by atoms with Crippen LogP contribution in [0.1, 0.15) is 37.3 Å². The first-order valence-electron chi connectivity index (χ1n) is 6.83. The fourth-order valence-electron chi connectivity index (χ4n) is 3.37. The summed E-state index contributed by atoms with van der Waals surface area (Å²) in [6, 6.07) is 10.5. The molecule has 0 saturated carbocycles. The molecule has 2 N–H and O–H groups in total. The Morgan fingerprint density at radius 3 is 2.56 bits per heavy atom. The van der Waals surface area contributed by atoms with Crippen LogP contribution < -0.4 is 10.6 Å². The van der Waals surface area contributed by atoms with Gasteiger partial charge in [0.05, 0.1) is 6.04 Å². The third kappa shape index (κ3) is 2.27. The van der Waals surface area contributed by atoms with Crippen LogP contribution in [0.25, 0.3) is 0 Å². The molecular weight excluding hydrogens is 224 g/mol. The van der Waals surface area contributed by atoms with Gasteiger partial charge in [-0.1, -0.05) is 30.3 Å². The number of amides is 1. The molecule has 1 atom stereocenters. The molecule has 2 fully saturated rings. The van der Waals surface area contributed by atoms with Crippen molar-refractivity contribution in [2.45, 2.75) is 31.7 Å². The molecule has 3 rings (SSSR count). The van der Waals surface area contributed by atoms with Gasteiger partial charge in [-0.05, 0) is 43.3 Å². The summed E-state index contributed by atoms with van der Waals surface area (Å²) in [6.45, 7) is 2.10. The quantitative estimate of drug-likeness (QED) is 0.793. The van der Waals surface area contributed by atoms with Crippen molar-refractivity contribution in [3.05, 3.63) is 35.9 Å². The minimum absolute atomic E-state index is 0.200. The molecular formula is C15H20N2O. The van der Waals surface area contributed by atoms with Crippen molar-refractivity contribution < 1.29 is 4.79 Å². The molecule has 2 saturated heterocycles. The third-order valence-corrected chi connectivity index (χ3v) is 4.37. The molecule has 1 spiro atoms. The van der Waals surface area contributed by atoms with Crippen molar-refractivity contribution in [1.29, 1.82) is 0 Å². The van der Waals surface area contributed by atoms with Crippen LogP contribution in [0.4, 0.5) is 0 Å². The fourth-order valence-corrected chi connectivity index (χ4v) is 3.37. The van der Waals surface area contributed by atoms with E-state index in [0.29, 0.717) is 6.42 Å². The average Bonchev–Trinajstić information content (AvgIpc) is 2.40. The smallest absolute Gasteiger partial charge is 0.221 e. The van der Waals surface area contributed by atoms with Crippen LogP contribution in [-0.2, 0) is 4.79 Å². The molecule has 3 heteroatoms. The first-order valence-corrected chi connectivity index (χ1v) is 6.83. The van der Waals surface area contributed by atoms with Gasteiger partial charge in [0.2, 0.25) is 5.91 Å². The predicted molar refractivity (Wildman–Crippen MR) is 71.1 cm³/mol. The monoisotopic (exact) mass is 244 g/mol. The third-order valence-electron chi connectivity index (χ3n) is 4.37. The van der Waals surface area contributed by atoms with Gasteiger partial charge in [0, 0.05) is 6.42 Å². The molecule has 0 radical (unpaired) electrons. The summed E-state index contributed by atoms with van der Waals surface area (Å²) < 4.78 is 0. The lowest BCUT2D eigenvalue weighted by molar-refractivity contribution is -0.128. The topological polar surface area (TPSA) is 41.1 Å². The maximum atomic E-state index is 12.0. The van der Waals surface area contributed by atoms with Gasteiger partial charge < -0.3 is 10.6 Å². The molecule has 1 amide bonds. The summed E-state index contributed by atoms with van der Waals surface area (Å²) in [6.07, 6.45) is 4.05. The minimum atomic E-state index is 0.200. The molecule has 2 heterocycles. The molecule has 18 heavy (non-hydrogen) atoms. The molecule has 0 bridgehead atoms. The van der Waals surface area contributed by atoms with E-state index in [1.165, 1.54) is 5.56 Å². The maximum Gasteiger partial charge on any atom is 0.221 e. The SMILES string of the molecule is O=C1CC2(CCNCC2)CC(c2ccccc2)N1. The van der Waals surface area contributed by atoms with Crippen LogP contribution in [0.2, 0.25) is 0 Å². The van der Waals surface area contributed by atoms with Gasteiger partial charge in [0.15, 0.2) is 0 Å². The summed E-state index contributed by atoms with van der Waals surface area (Å²) in [5.74, 6) is 0.219. The lowest BCUT2D eigenvalue weighted by Gasteiger charge is -2.43. The van der Waals surface area contributed by atoms with Crippen molar-refractivity contribution in [1.82, 2.24) is 10.6 Å². The minimum Gasteiger partial charge on any atom is -0.349 e. The Labute approximate surface area is 108 Å². The molecule has 2 aliphatic rings. The zero-order valence-corrected chi connectivity index (χ0v) is 10.6. The van der Waals surface area contributed by atoms with Crippen LogP contribution in [0, 0.1) is 5.41 Å². The van der Waals surface area contributed by atoms with E-state index in [1.54, 1.807) is 0 Å². The fraction of sp³-hybridized carbons (Fsp3) is 0.533. The Bertz CT molecular complexity index is 423. The number of hydrogen-bond acceptors (Lipinski definition) is 2. The Balaban J connectivity index is 1.82. The summed E-state index contributed by atoms with van der Waals surface area (Å²) in [5.41, 5.74) is 1.47. The van der Waals surface area contributed by atoms with E-state index >= 15 is 0 Å². The van der Waals surface area contributed by atoms with Crippen molar-refractivity contribution >= 4 is 5.91 Å². The van der Waals surface area contributed by atoms with Crippen molar-refractivity contribution in [3.63, 3.8) is 0 Å². The zero-order chi connectivity index (χ0) is 12.4. The number of rotatable bonds is 1. The lowest BCUT2D eigenvalue weighted by Crippen LogP contribution is -2.47. The van der Waals surface area contributed by atoms with Crippen molar-refractivity contribution in [2.24, 2.45) is 5.41 Å². The highest BCUT2D eigenvalue weighted by Crippen LogP contribution is 2.43. The van der Waals surface area contributed by atoms with E-state index in [2.05, 4.69) is 22.8 Å². The van der Waals surface area contributed by atoms with Gasteiger partial charge >= 0.3 is 0 Å². The van der Waals surface area contributed by atoms with E-state index in [0.717, 1.165) is 32.4 Å². The second kappa shape index (κ2) is 4.73. The van der Waals surface area contributed by atoms with Crippen molar-refractivity contribution in [2.75, 3.05) is 13.1 Å². The van der Waals surface area contributed by atoms with Gasteiger partial charge in [-0.3, -0.25) is 4.79 Å². The first kappa shape index (κ1) is 11.7. The molecule has 1 unspecified atom stereocenters. The number of carbonyl (C=O) groups excluding carboxylic acids is 1. The molecule has 2 aliphatic heterocycles. The Morgan fingerprint density at radius 1 is 1.11 bits per heavy atom. The van der Waals surface area contributed by atoms with E-state index in [1.807, 2.05) is 18.2 Å². The van der Waals surface area contributed by atoms with E-state index < -0.39 is 0 Å². The second-order valence-corrected chi connectivity index (χ2v) is 5.66. The van der Waals surface area contributed by atoms with Crippen LogP contribution in [0.15, 0.2) is 30.3 Å². The highest BCUT2D eigenvalue weighted by Gasteiger charge is 2.40.